The molecule has 0 aliphatic carbocycles. The second-order valence-corrected chi connectivity index (χ2v) is 9.71. The molecule has 5 atom stereocenters. The van der Waals surface area contributed by atoms with Crippen molar-refractivity contribution in [2.45, 2.75) is 116 Å². The zero-order valence-corrected chi connectivity index (χ0v) is 18.1. The van der Waals surface area contributed by atoms with E-state index in [1.54, 1.807) is 0 Å². The highest BCUT2D eigenvalue weighted by atomic mass is 16.7. The van der Waals surface area contributed by atoms with E-state index in [2.05, 4.69) is 6.92 Å². The van der Waals surface area contributed by atoms with Crippen LogP contribution in [0.2, 0.25) is 0 Å². The topological polar surface area (TPSA) is 55.4 Å². The van der Waals surface area contributed by atoms with Crippen molar-refractivity contribution in [1.82, 2.24) is 0 Å². The number of hydrogen-bond donors (Lipinski definition) is 0. The molecule has 0 radical (unpaired) electrons. The Kier molecular flexibility index (Phi) is 6.27. The highest BCUT2D eigenvalue weighted by Gasteiger charge is 2.42. The Morgan fingerprint density at radius 3 is 1.96 bits per heavy atom. The minimum atomic E-state index is -0.599. The normalized spacial score (nSPS) is 41.2. The number of ether oxygens (including phenoxy) is 6. The first kappa shape index (κ1) is 21.5. The fourth-order valence-corrected chi connectivity index (χ4v) is 4.39. The fourth-order valence-electron chi connectivity index (χ4n) is 4.39. The maximum absolute atomic E-state index is 6.24. The molecule has 0 saturated carbocycles. The van der Waals surface area contributed by atoms with Crippen molar-refractivity contribution in [1.29, 1.82) is 0 Å². The fraction of sp³-hybridized carbons (Fsp3) is 1.00. The number of rotatable bonds is 4. The first-order valence-corrected chi connectivity index (χ1v) is 10.4. The van der Waals surface area contributed by atoms with E-state index < -0.39 is 17.4 Å². The summed E-state index contributed by atoms with van der Waals surface area (Å²) in [7, 11) is 0. The van der Waals surface area contributed by atoms with Crippen molar-refractivity contribution in [3.8, 4) is 0 Å². The zero-order valence-electron chi connectivity index (χ0n) is 18.1. The molecule has 27 heavy (non-hydrogen) atoms. The van der Waals surface area contributed by atoms with Gasteiger partial charge in [0.2, 0.25) is 0 Å². The first-order chi connectivity index (χ1) is 12.4. The third kappa shape index (κ3) is 6.12. The summed E-state index contributed by atoms with van der Waals surface area (Å²) in [6.07, 6.45) is 4.00. The summed E-state index contributed by atoms with van der Waals surface area (Å²) in [6, 6.07) is 0. The summed E-state index contributed by atoms with van der Waals surface area (Å²) in [5, 5.41) is 0. The van der Waals surface area contributed by atoms with Crippen molar-refractivity contribution in [3.63, 3.8) is 0 Å². The van der Waals surface area contributed by atoms with Crippen LogP contribution in [0.4, 0.5) is 0 Å². The highest BCUT2D eigenvalue weighted by molar-refractivity contribution is 4.85. The third-order valence-electron chi connectivity index (χ3n) is 5.55. The molecule has 6 heteroatoms. The third-order valence-corrected chi connectivity index (χ3v) is 5.55. The standard InChI is InChI=1S/C21H38O6/c1-14-13-23-20(4,5)27-18(14)12-17-11-16(25-21(6,7)26-17)10-15-8-9-22-19(2,3)24-15/h14-18H,8-13H2,1-7H3/t14-,15+,16-,17+,18-/m0/s1. The van der Waals surface area contributed by atoms with Crippen LogP contribution in [-0.4, -0.2) is 55.0 Å². The van der Waals surface area contributed by atoms with E-state index in [0.29, 0.717) is 5.92 Å². The molecule has 3 aliphatic heterocycles. The summed E-state index contributed by atoms with van der Waals surface area (Å²) in [4.78, 5) is 0. The molecular weight excluding hydrogens is 348 g/mol. The van der Waals surface area contributed by atoms with Gasteiger partial charge in [0.25, 0.3) is 0 Å². The van der Waals surface area contributed by atoms with Gasteiger partial charge in [-0.3, -0.25) is 0 Å². The second-order valence-electron chi connectivity index (χ2n) is 9.71. The smallest absolute Gasteiger partial charge is 0.163 e. The Balaban J connectivity index is 1.59. The maximum atomic E-state index is 6.24. The van der Waals surface area contributed by atoms with Gasteiger partial charge < -0.3 is 28.4 Å². The molecule has 3 fully saturated rings. The van der Waals surface area contributed by atoms with E-state index in [4.69, 9.17) is 28.4 Å². The molecule has 0 spiro atoms. The quantitative estimate of drug-likeness (QED) is 0.728. The van der Waals surface area contributed by atoms with Crippen molar-refractivity contribution in [2.75, 3.05) is 13.2 Å². The lowest BCUT2D eigenvalue weighted by Crippen LogP contribution is -2.50. The van der Waals surface area contributed by atoms with Crippen molar-refractivity contribution >= 4 is 0 Å². The Bertz CT molecular complexity index is 503. The molecule has 0 aromatic heterocycles. The molecule has 0 aromatic rings. The van der Waals surface area contributed by atoms with E-state index in [9.17, 15) is 0 Å². The van der Waals surface area contributed by atoms with Gasteiger partial charge in [-0.2, -0.15) is 0 Å². The number of hydrogen-bond acceptors (Lipinski definition) is 6. The molecule has 0 bridgehead atoms. The molecule has 6 nitrogen and oxygen atoms in total. The van der Waals surface area contributed by atoms with Crippen molar-refractivity contribution in [2.24, 2.45) is 5.92 Å². The summed E-state index contributed by atoms with van der Waals surface area (Å²) in [5.74, 6) is -1.29. The molecule has 0 N–H and O–H groups in total. The van der Waals surface area contributed by atoms with E-state index >= 15 is 0 Å². The predicted octanol–water partition coefficient (Wildman–Crippen LogP) is 4.01. The van der Waals surface area contributed by atoms with Gasteiger partial charge in [-0.1, -0.05) is 6.92 Å². The van der Waals surface area contributed by atoms with Crippen LogP contribution in [0.5, 0.6) is 0 Å². The molecule has 0 amide bonds. The van der Waals surface area contributed by atoms with Gasteiger partial charge >= 0.3 is 0 Å². The summed E-state index contributed by atoms with van der Waals surface area (Å²) >= 11 is 0. The zero-order chi connectivity index (χ0) is 19.9. The lowest BCUT2D eigenvalue weighted by molar-refractivity contribution is -0.329. The van der Waals surface area contributed by atoms with Gasteiger partial charge in [0.05, 0.1) is 37.6 Å². The minimum absolute atomic E-state index is 0.105. The van der Waals surface area contributed by atoms with Crippen LogP contribution < -0.4 is 0 Å². The van der Waals surface area contributed by atoms with Crippen LogP contribution in [0.15, 0.2) is 0 Å². The SMILES string of the molecule is C[C@H]1COC(C)(C)O[C@H]1C[C@H]1C[C@H](C[C@H]2CCOC(C)(C)O2)OC(C)(C)O1. The maximum Gasteiger partial charge on any atom is 0.163 e. The molecule has 3 aliphatic rings. The van der Waals surface area contributed by atoms with E-state index in [0.717, 1.165) is 38.9 Å². The van der Waals surface area contributed by atoms with Gasteiger partial charge in [-0.05, 0) is 48.0 Å². The molecule has 0 unspecified atom stereocenters. The van der Waals surface area contributed by atoms with Crippen LogP contribution in [0.25, 0.3) is 0 Å². The van der Waals surface area contributed by atoms with E-state index in [1.165, 1.54) is 0 Å². The largest absolute Gasteiger partial charge is 0.350 e. The van der Waals surface area contributed by atoms with Crippen LogP contribution in [0.3, 0.4) is 0 Å². The molecule has 0 aromatic carbocycles. The van der Waals surface area contributed by atoms with Crippen molar-refractivity contribution in [3.05, 3.63) is 0 Å². The average molecular weight is 387 g/mol. The van der Waals surface area contributed by atoms with Gasteiger partial charge in [0.15, 0.2) is 17.4 Å². The summed E-state index contributed by atoms with van der Waals surface area (Å²) in [5.41, 5.74) is 0. The lowest BCUT2D eigenvalue weighted by Gasteiger charge is -2.46. The summed E-state index contributed by atoms with van der Waals surface area (Å²) < 4.78 is 36.2. The molecule has 158 valence electrons. The molecular formula is C21H38O6. The molecule has 3 heterocycles. The summed E-state index contributed by atoms with van der Waals surface area (Å²) in [6.45, 7) is 15.5. The van der Waals surface area contributed by atoms with Gasteiger partial charge in [0, 0.05) is 25.2 Å². The Labute approximate surface area is 164 Å². The minimum Gasteiger partial charge on any atom is -0.350 e. The van der Waals surface area contributed by atoms with Crippen LogP contribution in [0, 0.1) is 5.92 Å². The highest BCUT2D eigenvalue weighted by Crippen LogP contribution is 2.36. The van der Waals surface area contributed by atoms with Gasteiger partial charge in [-0.15, -0.1) is 0 Å². The van der Waals surface area contributed by atoms with Gasteiger partial charge in [-0.25, -0.2) is 0 Å². The molecule has 3 saturated heterocycles. The van der Waals surface area contributed by atoms with Crippen LogP contribution >= 0.6 is 0 Å². The Hall–Kier alpha value is -0.240. The van der Waals surface area contributed by atoms with Crippen molar-refractivity contribution < 1.29 is 28.4 Å². The lowest BCUT2D eigenvalue weighted by atomic mass is 9.92. The average Bonchev–Trinajstić information content (AvgIpc) is 2.48. The van der Waals surface area contributed by atoms with Crippen LogP contribution in [-0.2, 0) is 28.4 Å². The Morgan fingerprint density at radius 1 is 0.704 bits per heavy atom. The van der Waals surface area contributed by atoms with E-state index in [1.807, 2.05) is 41.5 Å². The van der Waals surface area contributed by atoms with Crippen LogP contribution in [0.1, 0.15) is 74.1 Å². The predicted molar refractivity (Wildman–Crippen MR) is 101 cm³/mol. The monoisotopic (exact) mass is 386 g/mol. The van der Waals surface area contributed by atoms with E-state index in [-0.39, 0.29) is 24.4 Å². The second kappa shape index (κ2) is 7.88. The Morgan fingerprint density at radius 2 is 1.30 bits per heavy atom. The molecule has 3 rings (SSSR count). The first-order valence-electron chi connectivity index (χ1n) is 10.4. The van der Waals surface area contributed by atoms with Gasteiger partial charge in [0.1, 0.15) is 0 Å².